The van der Waals surface area contributed by atoms with Gasteiger partial charge in [-0.15, -0.1) is 0 Å². The van der Waals surface area contributed by atoms with E-state index in [2.05, 4.69) is 52.6 Å². The third kappa shape index (κ3) is 2.55. The third-order valence-electron chi connectivity index (χ3n) is 6.41. The number of H-pyrrole nitrogens is 1. The molecule has 1 atom stereocenters. The average molecular weight is 335 g/mol. The number of likely N-dealkylation sites (N-methyl/N-ethyl adjacent to an activating group) is 1. The highest BCUT2D eigenvalue weighted by Gasteiger charge is 2.43. The van der Waals surface area contributed by atoms with Crippen LogP contribution in [-0.2, 0) is 19.5 Å². The monoisotopic (exact) mass is 335 g/mol. The summed E-state index contributed by atoms with van der Waals surface area (Å²) >= 11 is 0. The van der Waals surface area contributed by atoms with Crippen LogP contribution in [0.25, 0.3) is 0 Å². The van der Waals surface area contributed by atoms with Crippen molar-refractivity contribution < 1.29 is 0 Å². The summed E-state index contributed by atoms with van der Waals surface area (Å²) < 4.78 is 0. The third-order valence-corrected chi connectivity index (χ3v) is 6.41. The number of rotatable bonds is 3. The SMILES string of the molecule is CN1CCc2[nH]c(=O)c(CNC3c4ccccc4C4CC3C4)cc2C1. The van der Waals surface area contributed by atoms with E-state index in [1.165, 1.54) is 29.5 Å². The van der Waals surface area contributed by atoms with Gasteiger partial charge >= 0.3 is 0 Å². The first-order valence-corrected chi connectivity index (χ1v) is 9.44. The van der Waals surface area contributed by atoms with Gasteiger partial charge in [-0.2, -0.15) is 0 Å². The molecular weight excluding hydrogens is 310 g/mol. The van der Waals surface area contributed by atoms with Crippen molar-refractivity contribution in [1.82, 2.24) is 15.2 Å². The Kier molecular flexibility index (Phi) is 3.57. The second-order valence-corrected chi connectivity index (χ2v) is 8.03. The molecule has 4 nitrogen and oxygen atoms in total. The summed E-state index contributed by atoms with van der Waals surface area (Å²) in [6.07, 6.45) is 3.52. The molecule has 2 aromatic rings. The Morgan fingerprint density at radius 1 is 1.24 bits per heavy atom. The Bertz CT molecular complexity index is 866. The van der Waals surface area contributed by atoms with Gasteiger partial charge in [-0.3, -0.25) is 4.79 Å². The summed E-state index contributed by atoms with van der Waals surface area (Å²) in [5.74, 6) is 1.49. The number of benzene rings is 1. The molecule has 0 amide bonds. The minimum absolute atomic E-state index is 0.0754. The number of hydrogen-bond acceptors (Lipinski definition) is 3. The molecule has 1 fully saturated rings. The van der Waals surface area contributed by atoms with E-state index in [0.29, 0.717) is 12.6 Å². The van der Waals surface area contributed by atoms with Crippen LogP contribution in [0.15, 0.2) is 35.1 Å². The van der Waals surface area contributed by atoms with Gasteiger partial charge in [0, 0.05) is 43.4 Å². The summed E-state index contributed by atoms with van der Waals surface area (Å²) in [7, 11) is 2.14. The zero-order valence-corrected chi connectivity index (χ0v) is 14.7. The molecule has 130 valence electrons. The van der Waals surface area contributed by atoms with Crippen molar-refractivity contribution in [3.63, 3.8) is 0 Å². The molecule has 0 saturated heterocycles. The molecule has 1 saturated carbocycles. The number of hydrogen-bond donors (Lipinski definition) is 2. The lowest BCUT2D eigenvalue weighted by molar-refractivity contribution is 0.167. The van der Waals surface area contributed by atoms with E-state index in [1.54, 1.807) is 0 Å². The second kappa shape index (κ2) is 5.82. The summed E-state index contributed by atoms with van der Waals surface area (Å²) in [5.41, 5.74) is 6.31. The normalized spacial score (nSPS) is 27.3. The Morgan fingerprint density at radius 3 is 2.88 bits per heavy atom. The van der Waals surface area contributed by atoms with Crippen molar-refractivity contribution >= 4 is 0 Å². The zero-order chi connectivity index (χ0) is 17.0. The number of nitrogens with one attached hydrogen (secondary N) is 2. The minimum atomic E-state index is 0.0754. The number of aromatic nitrogens is 1. The predicted octanol–water partition coefficient (Wildman–Crippen LogP) is 2.70. The van der Waals surface area contributed by atoms with Gasteiger partial charge < -0.3 is 15.2 Å². The smallest absolute Gasteiger partial charge is 0.252 e. The molecule has 2 N–H and O–H groups in total. The second-order valence-electron chi connectivity index (χ2n) is 8.03. The first-order chi connectivity index (χ1) is 12.2. The lowest BCUT2D eigenvalue weighted by atomic mass is 9.60. The molecule has 4 aliphatic rings. The maximum atomic E-state index is 12.5. The van der Waals surface area contributed by atoms with Crippen molar-refractivity contribution in [2.45, 2.75) is 44.3 Å². The molecule has 0 radical (unpaired) electrons. The maximum Gasteiger partial charge on any atom is 0.252 e. The van der Waals surface area contributed by atoms with E-state index in [1.807, 2.05) is 0 Å². The van der Waals surface area contributed by atoms with Crippen LogP contribution in [0.1, 0.15) is 52.7 Å². The summed E-state index contributed by atoms with van der Waals surface area (Å²) in [5, 5.41) is 3.71. The molecule has 1 unspecified atom stereocenters. The van der Waals surface area contributed by atoms with E-state index in [-0.39, 0.29) is 5.56 Å². The van der Waals surface area contributed by atoms with Crippen molar-refractivity contribution in [3.8, 4) is 0 Å². The Hall–Kier alpha value is -1.91. The number of fused-ring (bicyclic) bond motifs is 1. The van der Waals surface area contributed by atoms with Gasteiger partial charge in [0.05, 0.1) is 0 Å². The van der Waals surface area contributed by atoms with Crippen LogP contribution in [0, 0.1) is 5.92 Å². The van der Waals surface area contributed by atoms with E-state index < -0.39 is 0 Å². The fourth-order valence-corrected chi connectivity index (χ4v) is 4.93. The average Bonchev–Trinajstić information content (AvgIpc) is 2.59. The van der Waals surface area contributed by atoms with Gasteiger partial charge in [0.25, 0.3) is 5.56 Å². The van der Waals surface area contributed by atoms with Crippen molar-refractivity contribution in [3.05, 3.63) is 68.6 Å². The summed E-state index contributed by atoms with van der Waals surface area (Å²) in [6.45, 7) is 2.59. The number of pyridine rings is 1. The van der Waals surface area contributed by atoms with E-state index in [9.17, 15) is 4.79 Å². The van der Waals surface area contributed by atoms with Gasteiger partial charge in [0.2, 0.25) is 0 Å². The van der Waals surface area contributed by atoms with Gasteiger partial charge in [0.1, 0.15) is 0 Å². The zero-order valence-electron chi connectivity index (χ0n) is 14.7. The fourth-order valence-electron chi connectivity index (χ4n) is 4.93. The van der Waals surface area contributed by atoms with Crippen LogP contribution in [0.4, 0.5) is 0 Å². The molecule has 1 aromatic heterocycles. The molecule has 25 heavy (non-hydrogen) atoms. The lowest BCUT2D eigenvalue weighted by Crippen LogP contribution is -2.41. The van der Waals surface area contributed by atoms with Crippen LogP contribution in [0.3, 0.4) is 0 Å². The Balaban J connectivity index is 1.39. The van der Waals surface area contributed by atoms with Crippen molar-refractivity contribution in [2.75, 3.05) is 13.6 Å². The standard InChI is InChI=1S/C21H25N3O/c1-24-7-6-19-16(12-24)10-15(21(25)23-19)11-22-20-14-8-13(9-14)17-4-2-3-5-18(17)20/h2-5,10,13-14,20,22H,6-9,11-12H2,1H3,(H,23,25). The quantitative estimate of drug-likeness (QED) is 0.907. The molecule has 0 spiro atoms. The summed E-state index contributed by atoms with van der Waals surface area (Å²) in [4.78, 5) is 17.9. The molecule has 1 aliphatic heterocycles. The fraction of sp³-hybridized carbons (Fsp3) is 0.476. The molecule has 3 aliphatic carbocycles. The highest BCUT2D eigenvalue weighted by molar-refractivity contribution is 5.40. The topological polar surface area (TPSA) is 48.1 Å². The first kappa shape index (κ1) is 15.4. The van der Waals surface area contributed by atoms with Crippen LogP contribution in [-0.4, -0.2) is 23.5 Å². The van der Waals surface area contributed by atoms with Crippen LogP contribution < -0.4 is 10.9 Å². The number of aromatic amines is 1. The highest BCUT2D eigenvalue weighted by Crippen LogP contribution is 2.54. The largest absolute Gasteiger partial charge is 0.326 e. The maximum absolute atomic E-state index is 12.5. The van der Waals surface area contributed by atoms with Crippen LogP contribution in [0.5, 0.6) is 0 Å². The van der Waals surface area contributed by atoms with Crippen LogP contribution >= 0.6 is 0 Å². The van der Waals surface area contributed by atoms with E-state index in [0.717, 1.165) is 42.6 Å². The molecule has 1 aromatic carbocycles. The summed E-state index contributed by atoms with van der Waals surface area (Å²) in [6, 6.07) is 11.3. The molecule has 6 rings (SSSR count). The molecule has 2 heterocycles. The molecule has 4 heteroatoms. The molecule has 2 bridgehead atoms. The lowest BCUT2D eigenvalue weighted by Gasteiger charge is -2.48. The Morgan fingerprint density at radius 2 is 2.04 bits per heavy atom. The van der Waals surface area contributed by atoms with Gasteiger partial charge in [-0.25, -0.2) is 0 Å². The highest BCUT2D eigenvalue weighted by atomic mass is 16.1. The Labute approximate surface area is 148 Å². The van der Waals surface area contributed by atoms with E-state index in [4.69, 9.17) is 0 Å². The predicted molar refractivity (Wildman–Crippen MR) is 98.6 cm³/mol. The van der Waals surface area contributed by atoms with E-state index >= 15 is 0 Å². The van der Waals surface area contributed by atoms with Gasteiger partial charge in [-0.1, -0.05) is 24.3 Å². The van der Waals surface area contributed by atoms with Gasteiger partial charge in [0.15, 0.2) is 0 Å². The first-order valence-electron chi connectivity index (χ1n) is 9.44. The van der Waals surface area contributed by atoms with Crippen molar-refractivity contribution in [1.29, 1.82) is 0 Å². The minimum Gasteiger partial charge on any atom is -0.326 e. The van der Waals surface area contributed by atoms with Gasteiger partial charge in [-0.05, 0) is 54.5 Å². The number of nitrogens with zero attached hydrogens (tertiary/aromatic N) is 1. The van der Waals surface area contributed by atoms with Crippen LogP contribution in [0.2, 0.25) is 0 Å². The van der Waals surface area contributed by atoms with Crippen molar-refractivity contribution in [2.24, 2.45) is 5.92 Å². The molecular formula is C21H25N3O.